The van der Waals surface area contributed by atoms with Gasteiger partial charge < -0.3 is 10.1 Å². The number of nitrogens with one attached hydrogen (secondary N) is 1. The molecule has 4 rings (SSSR count). The fourth-order valence-corrected chi connectivity index (χ4v) is 3.76. The van der Waals surface area contributed by atoms with Crippen LogP contribution in [0.15, 0.2) is 67.0 Å². The Hall–Kier alpha value is -3.34. The maximum absolute atomic E-state index is 12.1. The van der Waals surface area contributed by atoms with Gasteiger partial charge in [0.25, 0.3) is 0 Å². The predicted octanol–water partition coefficient (Wildman–Crippen LogP) is 4.85. The van der Waals surface area contributed by atoms with E-state index in [0.29, 0.717) is 13.2 Å². The van der Waals surface area contributed by atoms with Crippen molar-refractivity contribution in [3.8, 4) is 11.1 Å². The number of hydrogen-bond donors (Lipinski definition) is 1. The highest BCUT2D eigenvalue weighted by molar-refractivity contribution is 5.79. The average molecular weight is 387 g/mol. The van der Waals surface area contributed by atoms with Crippen molar-refractivity contribution in [3.05, 3.63) is 83.7 Å². The molecule has 0 atom stereocenters. The highest BCUT2D eigenvalue weighted by atomic mass is 16.5. The van der Waals surface area contributed by atoms with Crippen LogP contribution >= 0.6 is 0 Å². The average Bonchev–Trinajstić information content (AvgIpc) is 3.34. The van der Waals surface area contributed by atoms with Crippen molar-refractivity contribution >= 4 is 12.2 Å². The molecule has 0 saturated heterocycles. The minimum Gasteiger partial charge on any atom is -0.449 e. The molecular weight excluding hydrogens is 362 g/mol. The standard InChI is InChI=1S/C24H25N3O2/c1-2-27-16-18(15-26-27)9-7-8-14-25-24(28)29-17-23-21-12-5-3-10-19(21)20-11-4-6-13-22(20)23/h3-7,9-13,15-16,23H,2,8,14,17H2,1H3,(H,25,28). The molecule has 5 nitrogen and oxygen atoms in total. The maximum atomic E-state index is 12.1. The van der Waals surface area contributed by atoms with Crippen LogP contribution < -0.4 is 5.32 Å². The van der Waals surface area contributed by atoms with E-state index in [1.165, 1.54) is 22.3 Å². The quantitative estimate of drug-likeness (QED) is 0.590. The Morgan fingerprint density at radius 3 is 2.48 bits per heavy atom. The van der Waals surface area contributed by atoms with Gasteiger partial charge in [-0.15, -0.1) is 0 Å². The first-order chi connectivity index (χ1) is 14.3. The number of carbonyl (C=O) groups excluding carboxylic acids is 1. The van der Waals surface area contributed by atoms with Gasteiger partial charge in [0.15, 0.2) is 0 Å². The van der Waals surface area contributed by atoms with Crippen LogP contribution in [0.25, 0.3) is 17.2 Å². The van der Waals surface area contributed by atoms with Crippen LogP contribution in [0.2, 0.25) is 0 Å². The zero-order valence-electron chi connectivity index (χ0n) is 16.5. The number of fused-ring (bicyclic) bond motifs is 3. The van der Waals surface area contributed by atoms with Crippen molar-refractivity contribution in [1.29, 1.82) is 0 Å². The van der Waals surface area contributed by atoms with E-state index in [2.05, 4.69) is 41.6 Å². The van der Waals surface area contributed by atoms with Crippen molar-refractivity contribution in [2.75, 3.05) is 13.2 Å². The molecule has 0 spiro atoms. The first kappa shape index (κ1) is 19.0. The van der Waals surface area contributed by atoms with E-state index in [0.717, 1.165) is 18.5 Å². The first-order valence-corrected chi connectivity index (χ1v) is 10.0. The molecule has 0 saturated carbocycles. The Morgan fingerprint density at radius 2 is 1.83 bits per heavy atom. The summed E-state index contributed by atoms with van der Waals surface area (Å²) in [5.74, 6) is 0.0862. The molecule has 148 valence electrons. The molecule has 1 amide bonds. The van der Waals surface area contributed by atoms with E-state index in [1.54, 1.807) is 0 Å². The Balaban J connectivity index is 1.27. The molecule has 2 aromatic carbocycles. The molecule has 1 heterocycles. The maximum Gasteiger partial charge on any atom is 0.407 e. The van der Waals surface area contributed by atoms with Gasteiger partial charge in [0.1, 0.15) is 6.61 Å². The van der Waals surface area contributed by atoms with Gasteiger partial charge in [-0.25, -0.2) is 4.79 Å². The molecule has 3 aromatic rings. The third-order valence-corrected chi connectivity index (χ3v) is 5.21. The van der Waals surface area contributed by atoms with Gasteiger partial charge in [-0.1, -0.05) is 60.7 Å². The number of amides is 1. The van der Waals surface area contributed by atoms with Crippen LogP contribution in [0.5, 0.6) is 0 Å². The number of benzene rings is 2. The normalized spacial score (nSPS) is 12.7. The summed E-state index contributed by atoms with van der Waals surface area (Å²) in [5.41, 5.74) is 5.96. The summed E-state index contributed by atoms with van der Waals surface area (Å²) in [6, 6.07) is 16.7. The second-order valence-electron chi connectivity index (χ2n) is 7.07. The molecule has 29 heavy (non-hydrogen) atoms. The summed E-state index contributed by atoms with van der Waals surface area (Å²) >= 11 is 0. The molecule has 1 aliphatic rings. The van der Waals surface area contributed by atoms with Crippen molar-refractivity contribution in [2.24, 2.45) is 0 Å². The molecule has 1 N–H and O–H groups in total. The topological polar surface area (TPSA) is 56.2 Å². The number of alkyl carbamates (subject to hydrolysis) is 1. The van der Waals surface area contributed by atoms with E-state index in [4.69, 9.17) is 4.74 Å². The lowest BCUT2D eigenvalue weighted by Crippen LogP contribution is -2.26. The van der Waals surface area contributed by atoms with Gasteiger partial charge in [0.2, 0.25) is 0 Å². The van der Waals surface area contributed by atoms with E-state index in [-0.39, 0.29) is 12.0 Å². The van der Waals surface area contributed by atoms with E-state index in [1.807, 2.05) is 53.5 Å². The lowest BCUT2D eigenvalue weighted by molar-refractivity contribution is 0.143. The van der Waals surface area contributed by atoms with Gasteiger partial charge in [-0.3, -0.25) is 4.68 Å². The zero-order chi connectivity index (χ0) is 20.1. The highest BCUT2D eigenvalue weighted by Crippen LogP contribution is 2.44. The van der Waals surface area contributed by atoms with E-state index < -0.39 is 0 Å². The summed E-state index contributed by atoms with van der Waals surface area (Å²) in [6.07, 6.45) is 8.23. The van der Waals surface area contributed by atoms with Crippen molar-refractivity contribution in [3.63, 3.8) is 0 Å². The minimum atomic E-state index is -0.376. The van der Waals surface area contributed by atoms with Crippen molar-refractivity contribution < 1.29 is 9.53 Å². The molecule has 5 heteroatoms. The highest BCUT2D eigenvalue weighted by Gasteiger charge is 2.28. The van der Waals surface area contributed by atoms with Crippen LogP contribution in [-0.4, -0.2) is 29.0 Å². The molecule has 0 bridgehead atoms. The molecule has 0 radical (unpaired) electrons. The molecular formula is C24H25N3O2. The Kier molecular flexibility index (Phi) is 5.75. The summed E-state index contributed by atoms with van der Waals surface area (Å²) < 4.78 is 7.42. The number of hydrogen-bond acceptors (Lipinski definition) is 3. The smallest absolute Gasteiger partial charge is 0.407 e. The molecule has 0 aliphatic heterocycles. The van der Waals surface area contributed by atoms with Crippen LogP contribution in [0, 0.1) is 0 Å². The van der Waals surface area contributed by atoms with Gasteiger partial charge in [0, 0.05) is 30.8 Å². The van der Waals surface area contributed by atoms with Crippen LogP contribution in [0.4, 0.5) is 4.79 Å². The summed E-state index contributed by atoms with van der Waals surface area (Å²) in [5, 5.41) is 7.06. The van der Waals surface area contributed by atoms with E-state index >= 15 is 0 Å². The fourth-order valence-electron chi connectivity index (χ4n) is 3.76. The number of nitrogens with zero attached hydrogens (tertiary/aromatic N) is 2. The van der Waals surface area contributed by atoms with Gasteiger partial charge in [0.05, 0.1) is 6.20 Å². The lowest BCUT2D eigenvalue weighted by Gasteiger charge is -2.14. The van der Waals surface area contributed by atoms with Gasteiger partial charge in [-0.2, -0.15) is 5.10 Å². The fraction of sp³-hybridized carbons (Fsp3) is 0.250. The molecule has 1 aromatic heterocycles. The molecule has 0 fully saturated rings. The summed E-state index contributed by atoms with van der Waals surface area (Å²) in [4.78, 5) is 12.1. The van der Waals surface area contributed by atoms with Gasteiger partial charge >= 0.3 is 6.09 Å². The molecule has 0 unspecified atom stereocenters. The molecule has 1 aliphatic carbocycles. The second kappa shape index (κ2) is 8.78. The van der Waals surface area contributed by atoms with Crippen LogP contribution in [-0.2, 0) is 11.3 Å². The largest absolute Gasteiger partial charge is 0.449 e. The first-order valence-electron chi connectivity index (χ1n) is 10.0. The Labute approximate surface area is 171 Å². The summed E-state index contributed by atoms with van der Waals surface area (Å²) in [6.45, 7) is 3.79. The minimum absolute atomic E-state index is 0.0862. The third-order valence-electron chi connectivity index (χ3n) is 5.21. The van der Waals surface area contributed by atoms with E-state index in [9.17, 15) is 4.79 Å². The second-order valence-corrected chi connectivity index (χ2v) is 7.07. The zero-order valence-corrected chi connectivity index (χ0v) is 16.5. The predicted molar refractivity (Wildman–Crippen MR) is 115 cm³/mol. The number of ether oxygens (including phenoxy) is 1. The number of aryl methyl sites for hydroxylation is 1. The number of rotatable bonds is 7. The number of carbonyl (C=O) groups is 1. The lowest BCUT2D eigenvalue weighted by atomic mass is 9.98. The third kappa shape index (κ3) is 4.24. The SMILES string of the molecule is CCn1cc(C=CCCNC(=O)OCC2c3ccccc3-c3ccccc32)cn1. The monoisotopic (exact) mass is 387 g/mol. The van der Waals surface area contributed by atoms with Crippen LogP contribution in [0.1, 0.15) is 36.0 Å². The number of aromatic nitrogens is 2. The Morgan fingerprint density at radius 1 is 1.14 bits per heavy atom. The Bertz CT molecular complexity index is 977. The van der Waals surface area contributed by atoms with Crippen LogP contribution in [0.3, 0.4) is 0 Å². The van der Waals surface area contributed by atoms with Gasteiger partial charge in [-0.05, 0) is 35.6 Å². The van der Waals surface area contributed by atoms with Crippen molar-refractivity contribution in [2.45, 2.75) is 25.8 Å². The van der Waals surface area contributed by atoms with Crippen molar-refractivity contribution in [1.82, 2.24) is 15.1 Å². The summed E-state index contributed by atoms with van der Waals surface area (Å²) in [7, 11) is 0.